The van der Waals surface area contributed by atoms with Gasteiger partial charge in [0.05, 0.1) is 6.61 Å². The van der Waals surface area contributed by atoms with E-state index in [1.165, 1.54) is 19.8 Å². The maximum absolute atomic E-state index is 10.8. The first-order valence-electron chi connectivity index (χ1n) is 6.39. The van der Waals surface area contributed by atoms with Crippen molar-refractivity contribution in [2.75, 3.05) is 13.2 Å². The van der Waals surface area contributed by atoms with Crippen LogP contribution in [0.4, 0.5) is 0 Å². The van der Waals surface area contributed by atoms with Crippen molar-refractivity contribution in [3.8, 4) is 11.5 Å². The Bertz CT molecular complexity index is 400. The number of ether oxygens (including phenoxy) is 2. The molecule has 1 aromatic carbocycles. The molecule has 2 rings (SSSR count). The molecule has 0 aromatic heterocycles. The Kier molecular flexibility index (Phi) is 4.59. The van der Waals surface area contributed by atoms with Crippen molar-refractivity contribution < 1.29 is 14.3 Å². The van der Waals surface area contributed by atoms with Crippen LogP contribution in [0.5, 0.6) is 11.5 Å². The van der Waals surface area contributed by atoms with E-state index in [0.29, 0.717) is 18.4 Å². The molecule has 18 heavy (non-hydrogen) atoms. The predicted octanol–water partition coefficient (Wildman–Crippen LogP) is 2.13. The zero-order chi connectivity index (χ0) is 12.8. The lowest BCUT2D eigenvalue weighted by molar-refractivity contribution is -0.131. The fourth-order valence-corrected chi connectivity index (χ4v) is 2.12. The van der Waals surface area contributed by atoms with E-state index in [9.17, 15) is 4.79 Å². The minimum Gasteiger partial charge on any atom is -0.493 e. The van der Waals surface area contributed by atoms with E-state index in [0.717, 1.165) is 18.7 Å². The van der Waals surface area contributed by atoms with Crippen LogP contribution < -0.4 is 14.8 Å². The van der Waals surface area contributed by atoms with Gasteiger partial charge in [-0.3, -0.25) is 4.79 Å². The second kappa shape index (κ2) is 6.40. The van der Waals surface area contributed by atoms with Gasteiger partial charge in [0.1, 0.15) is 11.5 Å². The maximum Gasteiger partial charge on any atom is 0.308 e. The average Bonchev–Trinajstić information content (AvgIpc) is 2.82. The van der Waals surface area contributed by atoms with Gasteiger partial charge in [-0.25, -0.2) is 0 Å². The Balaban J connectivity index is 1.79. The highest BCUT2D eigenvalue weighted by atomic mass is 16.5. The van der Waals surface area contributed by atoms with E-state index < -0.39 is 0 Å². The summed E-state index contributed by atoms with van der Waals surface area (Å²) in [5.41, 5.74) is 0. The van der Waals surface area contributed by atoms with Crippen LogP contribution in [0, 0.1) is 0 Å². The molecule has 1 fully saturated rings. The first kappa shape index (κ1) is 12.9. The third kappa shape index (κ3) is 4.04. The number of esters is 1. The molecular weight excluding hydrogens is 230 g/mol. The maximum atomic E-state index is 10.8. The highest BCUT2D eigenvalue weighted by molar-refractivity contribution is 5.69. The van der Waals surface area contributed by atoms with Gasteiger partial charge in [-0.2, -0.15) is 0 Å². The van der Waals surface area contributed by atoms with Gasteiger partial charge >= 0.3 is 5.97 Å². The molecule has 0 radical (unpaired) electrons. The molecule has 4 nitrogen and oxygen atoms in total. The van der Waals surface area contributed by atoms with Gasteiger partial charge in [0.15, 0.2) is 0 Å². The largest absolute Gasteiger partial charge is 0.493 e. The molecule has 98 valence electrons. The summed E-state index contributed by atoms with van der Waals surface area (Å²) in [6.45, 7) is 3.19. The summed E-state index contributed by atoms with van der Waals surface area (Å²) < 4.78 is 10.7. The van der Waals surface area contributed by atoms with E-state index in [-0.39, 0.29) is 5.97 Å². The zero-order valence-corrected chi connectivity index (χ0v) is 10.6. The van der Waals surface area contributed by atoms with Crippen LogP contribution in [0.3, 0.4) is 0 Å². The molecule has 0 aliphatic carbocycles. The summed E-state index contributed by atoms with van der Waals surface area (Å²) in [5, 5.41) is 3.43. The first-order valence-corrected chi connectivity index (χ1v) is 6.39. The predicted molar refractivity (Wildman–Crippen MR) is 68.9 cm³/mol. The highest BCUT2D eigenvalue weighted by Gasteiger charge is 2.13. The Labute approximate surface area is 107 Å². The van der Waals surface area contributed by atoms with Crippen LogP contribution in [-0.4, -0.2) is 25.2 Å². The van der Waals surface area contributed by atoms with Crippen molar-refractivity contribution in [3.05, 3.63) is 24.3 Å². The fourth-order valence-electron chi connectivity index (χ4n) is 2.12. The van der Waals surface area contributed by atoms with E-state index in [1.54, 1.807) is 12.1 Å². The molecule has 1 aromatic rings. The lowest BCUT2D eigenvalue weighted by Gasteiger charge is -2.11. The zero-order valence-electron chi connectivity index (χ0n) is 10.6. The SMILES string of the molecule is CC(=O)Oc1cccc(OCCC2CCCN2)c1. The molecule has 4 heteroatoms. The Hall–Kier alpha value is -1.55. The molecule has 0 bridgehead atoms. The van der Waals surface area contributed by atoms with Crippen LogP contribution >= 0.6 is 0 Å². The number of carbonyl (C=O) groups is 1. The lowest BCUT2D eigenvalue weighted by atomic mass is 10.2. The van der Waals surface area contributed by atoms with Crippen LogP contribution in [0.1, 0.15) is 26.2 Å². The Morgan fingerprint density at radius 1 is 1.44 bits per heavy atom. The molecule has 1 aliphatic heterocycles. The standard InChI is InChI=1S/C14H19NO3/c1-11(16)18-14-6-2-5-13(10-14)17-9-7-12-4-3-8-15-12/h2,5-6,10,12,15H,3-4,7-9H2,1H3. The molecule has 1 aliphatic rings. The monoisotopic (exact) mass is 249 g/mol. The molecule has 1 saturated heterocycles. The summed E-state index contributed by atoms with van der Waals surface area (Å²) in [6, 6.07) is 7.76. The van der Waals surface area contributed by atoms with Gasteiger partial charge in [-0.05, 0) is 37.9 Å². The normalized spacial score (nSPS) is 18.6. The molecule has 1 N–H and O–H groups in total. The molecule has 0 amide bonds. The molecule has 1 heterocycles. The smallest absolute Gasteiger partial charge is 0.308 e. The van der Waals surface area contributed by atoms with Gasteiger partial charge in [0, 0.05) is 19.0 Å². The molecular formula is C14H19NO3. The quantitative estimate of drug-likeness (QED) is 0.641. The number of hydrogen-bond acceptors (Lipinski definition) is 4. The number of carbonyl (C=O) groups excluding carboxylic acids is 1. The average molecular weight is 249 g/mol. The van der Waals surface area contributed by atoms with Gasteiger partial charge < -0.3 is 14.8 Å². The second-order valence-electron chi connectivity index (χ2n) is 4.50. The van der Waals surface area contributed by atoms with Crippen LogP contribution in [0.15, 0.2) is 24.3 Å². The summed E-state index contributed by atoms with van der Waals surface area (Å²) in [5.74, 6) is 0.952. The van der Waals surface area contributed by atoms with Gasteiger partial charge in [0.25, 0.3) is 0 Å². The molecule has 0 spiro atoms. The van der Waals surface area contributed by atoms with Crippen LogP contribution in [0.25, 0.3) is 0 Å². The van der Waals surface area contributed by atoms with E-state index in [2.05, 4.69) is 5.32 Å². The lowest BCUT2D eigenvalue weighted by Crippen LogP contribution is -2.23. The van der Waals surface area contributed by atoms with Crippen molar-refractivity contribution in [2.45, 2.75) is 32.2 Å². The summed E-state index contributed by atoms with van der Waals surface area (Å²) in [6.07, 6.45) is 3.50. The number of nitrogens with one attached hydrogen (secondary N) is 1. The number of hydrogen-bond donors (Lipinski definition) is 1. The molecule has 1 unspecified atom stereocenters. The van der Waals surface area contributed by atoms with Crippen molar-refractivity contribution in [1.29, 1.82) is 0 Å². The topological polar surface area (TPSA) is 47.6 Å². The van der Waals surface area contributed by atoms with E-state index >= 15 is 0 Å². The van der Waals surface area contributed by atoms with Crippen molar-refractivity contribution in [2.24, 2.45) is 0 Å². The van der Waals surface area contributed by atoms with Crippen molar-refractivity contribution >= 4 is 5.97 Å². The van der Waals surface area contributed by atoms with Crippen LogP contribution in [0.2, 0.25) is 0 Å². The number of benzene rings is 1. The molecule has 1 atom stereocenters. The Morgan fingerprint density at radius 2 is 2.28 bits per heavy atom. The fraction of sp³-hybridized carbons (Fsp3) is 0.500. The highest BCUT2D eigenvalue weighted by Crippen LogP contribution is 2.20. The van der Waals surface area contributed by atoms with Crippen molar-refractivity contribution in [1.82, 2.24) is 5.32 Å². The minimum atomic E-state index is -0.317. The summed E-state index contributed by atoms with van der Waals surface area (Å²) >= 11 is 0. The summed E-state index contributed by atoms with van der Waals surface area (Å²) in [4.78, 5) is 10.8. The van der Waals surface area contributed by atoms with Crippen LogP contribution in [-0.2, 0) is 4.79 Å². The van der Waals surface area contributed by atoms with Gasteiger partial charge in [0.2, 0.25) is 0 Å². The Morgan fingerprint density at radius 3 is 3.00 bits per heavy atom. The third-order valence-corrected chi connectivity index (χ3v) is 2.96. The molecule has 0 saturated carbocycles. The number of rotatable bonds is 5. The van der Waals surface area contributed by atoms with Crippen molar-refractivity contribution in [3.63, 3.8) is 0 Å². The minimum absolute atomic E-state index is 0.317. The van der Waals surface area contributed by atoms with Gasteiger partial charge in [-0.1, -0.05) is 6.07 Å². The van der Waals surface area contributed by atoms with E-state index in [1.807, 2.05) is 12.1 Å². The van der Waals surface area contributed by atoms with Gasteiger partial charge in [-0.15, -0.1) is 0 Å². The summed E-state index contributed by atoms with van der Waals surface area (Å²) in [7, 11) is 0. The third-order valence-electron chi connectivity index (χ3n) is 2.96. The second-order valence-corrected chi connectivity index (χ2v) is 4.50. The first-order chi connectivity index (χ1) is 8.74. The van der Waals surface area contributed by atoms with E-state index in [4.69, 9.17) is 9.47 Å².